The van der Waals surface area contributed by atoms with Crippen LogP contribution in [0.5, 0.6) is 5.75 Å². The molecule has 4 heteroatoms. The number of aliphatic hydroxyl groups is 1. The molecule has 2 N–H and O–H groups in total. The molecule has 0 radical (unpaired) electrons. The van der Waals surface area contributed by atoms with Gasteiger partial charge in [0, 0.05) is 6.04 Å². The molecule has 1 saturated heterocycles. The Kier molecular flexibility index (Phi) is 4.45. The number of aliphatic hydroxyl groups excluding tert-OH is 1. The third-order valence-corrected chi connectivity index (χ3v) is 3.58. The first-order chi connectivity index (χ1) is 9.11. The number of benzene rings is 1. The maximum absolute atomic E-state index is 9.63. The molecule has 0 saturated carbocycles. The van der Waals surface area contributed by atoms with Gasteiger partial charge < -0.3 is 19.9 Å². The Morgan fingerprint density at radius 2 is 1.95 bits per heavy atom. The second kappa shape index (κ2) is 5.90. The van der Waals surface area contributed by atoms with Gasteiger partial charge in [0.1, 0.15) is 5.75 Å². The first kappa shape index (κ1) is 14.3. The highest BCUT2D eigenvalue weighted by atomic mass is 16.5. The van der Waals surface area contributed by atoms with Gasteiger partial charge in [0.05, 0.1) is 31.3 Å². The SMILES string of the molecule is CNC(c1ccc(OC(C)C)cc1)C1(CO)COC1. The lowest BCUT2D eigenvalue weighted by molar-refractivity contribution is -0.155. The van der Waals surface area contributed by atoms with E-state index in [1.807, 2.05) is 33.0 Å². The zero-order chi connectivity index (χ0) is 13.9. The van der Waals surface area contributed by atoms with E-state index >= 15 is 0 Å². The summed E-state index contributed by atoms with van der Waals surface area (Å²) in [7, 11) is 1.92. The van der Waals surface area contributed by atoms with Crippen LogP contribution in [0.15, 0.2) is 24.3 Å². The molecule has 1 aliphatic rings. The van der Waals surface area contributed by atoms with Crippen LogP contribution in [0.25, 0.3) is 0 Å². The van der Waals surface area contributed by atoms with E-state index in [0.717, 1.165) is 11.3 Å². The number of nitrogens with one attached hydrogen (secondary N) is 1. The molecule has 106 valence electrons. The van der Waals surface area contributed by atoms with Crippen LogP contribution in [0.4, 0.5) is 0 Å². The maximum Gasteiger partial charge on any atom is 0.119 e. The molecule has 1 heterocycles. The molecule has 2 rings (SSSR count). The Morgan fingerprint density at radius 1 is 1.32 bits per heavy atom. The van der Waals surface area contributed by atoms with Crippen molar-refractivity contribution in [1.29, 1.82) is 0 Å². The lowest BCUT2D eigenvalue weighted by Gasteiger charge is -2.46. The molecule has 4 nitrogen and oxygen atoms in total. The van der Waals surface area contributed by atoms with Gasteiger partial charge >= 0.3 is 0 Å². The van der Waals surface area contributed by atoms with Gasteiger partial charge in [0.25, 0.3) is 0 Å². The van der Waals surface area contributed by atoms with Crippen LogP contribution in [0.1, 0.15) is 25.5 Å². The predicted molar refractivity (Wildman–Crippen MR) is 74.3 cm³/mol. The number of hydrogen-bond donors (Lipinski definition) is 2. The Labute approximate surface area is 114 Å². The van der Waals surface area contributed by atoms with Crippen molar-refractivity contribution in [2.24, 2.45) is 5.41 Å². The van der Waals surface area contributed by atoms with Crippen LogP contribution < -0.4 is 10.1 Å². The van der Waals surface area contributed by atoms with Crippen molar-refractivity contribution < 1.29 is 14.6 Å². The molecule has 1 atom stereocenters. The van der Waals surface area contributed by atoms with Crippen molar-refractivity contribution in [3.05, 3.63) is 29.8 Å². The minimum Gasteiger partial charge on any atom is -0.491 e. The zero-order valence-electron chi connectivity index (χ0n) is 11.8. The van der Waals surface area contributed by atoms with E-state index in [4.69, 9.17) is 9.47 Å². The first-order valence-electron chi connectivity index (χ1n) is 6.74. The van der Waals surface area contributed by atoms with Gasteiger partial charge in [-0.1, -0.05) is 12.1 Å². The van der Waals surface area contributed by atoms with Crippen LogP contribution in [0, 0.1) is 5.41 Å². The maximum atomic E-state index is 9.63. The second-order valence-corrected chi connectivity index (χ2v) is 5.47. The number of rotatable bonds is 6. The van der Waals surface area contributed by atoms with Crippen molar-refractivity contribution >= 4 is 0 Å². The van der Waals surface area contributed by atoms with Crippen LogP contribution >= 0.6 is 0 Å². The molecule has 1 aromatic rings. The summed E-state index contributed by atoms with van der Waals surface area (Å²) in [5.41, 5.74) is 0.950. The number of ether oxygens (including phenoxy) is 2. The predicted octanol–water partition coefficient (Wildman–Crippen LogP) is 1.74. The van der Waals surface area contributed by atoms with Crippen LogP contribution in [-0.4, -0.2) is 38.1 Å². The normalized spacial score (nSPS) is 19.0. The minimum absolute atomic E-state index is 0.0966. The zero-order valence-corrected chi connectivity index (χ0v) is 11.8. The summed E-state index contributed by atoms with van der Waals surface area (Å²) in [6.45, 7) is 5.34. The molecule has 0 spiro atoms. The smallest absolute Gasteiger partial charge is 0.119 e. The van der Waals surface area contributed by atoms with Crippen LogP contribution in [-0.2, 0) is 4.74 Å². The van der Waals surface area contributed by atoms with Crippen molar-refractivity contribution in [3.8, 4) is 5.75 Å². The standard InChI is InChI=1S/C15H23NO3/c1-11(2)19-13-6-4-12(5-7-13)14(16-3)15(8-17)9-18-10-15/h4-7,11,14,16-17H,8-10H2,1-3H3. The van der Waals surface area contributed by atoms with Gasteiger partial charge in [-0.25, -0.2) is 0 Å². The molecule has 1 aliphatic heterocycles. The first-order valence-corrected chi connectivity index (χ1v) is 6.74. The quantitative estimate of drug-likeness (QED) is 0.822. The molecule has 0 amide bonds. The molecule has 0 aliphatic carbocycles. The summed E-state index contributed by atoms with van der Waals surface area (Å²) in [6, 6.07) is 8.15. The van der Waals surface area contributed by atoms with E-state index in [2.05, 4.69) is 17.4 Å². The lowest BCUT2D eigenvalue weighted by atomic mass is 9.76. The largest absolute Gasteiger partial charge is 0.491 e. The van der Waals surface area contributed by atoms with Gasteiger partial charge in [-0.2, -0.15) is 0 Å². The van der Waals surface area contributed by atoms with E-state index in [9.17, 15) is 5.11 Å². The van der Waals surface area contributed by atoms with Crippen molar-refractivity contribution in [3.63, 3.8) is 0 Å². The van der Waals surface area contributed by atoms with Gasteiger partial charge in [-0.05, 0) is 38.6 Å². The summed E-state index contributed by atoms with van der Waals surface area (Å²) in [5.74, 6) is 0.872. The Hall–Kier alpha value is -1.10. The molecule has 0 aromatic heterocycles. The van der Waals surface area contributed by atoms with Crippen LogP contribution in [0.2, 0.25) is 0 Å². The van der Waals surface area contributed by atoms with Crippen LogP contribution in [0.3, 0.4) is 0 Å². The van der Waals surface area contributed by atoms with Crippen molar-refractivity contribution in [2.75, 3.05) is 26.9 Å². The van der Waals surface area contributed by atoms with E-state index in [1.165, 1.54) is 0 Å². The summed E-state index contributed by atoms with van der Waals surface area (Å²) >= 11 is 0. The van der Waals surface area contributed by atoms with Gasteiger partial charge in [0.15, 0.2) is 0 Å². The fraction of sp³-hybridized carbons (Fsp3) is 0.600. The van der Waals surface area contributed by atoms with Gasteiger partial charge in [-0.3, -0.25) is 0 Å². The molecule has 19 heavy (non-hydrogen) atoms. The summed E-state index contributed by atoms with van der Waals surface area (Å²) in [4.78, 5) is 0. The minimum atomic E-state index is -0.199. The Bertz CT molecular complexity index is 393. The average Bonchev–Trinajstić information content (AvgIpc) is 2.34. The van der Waals surface area contributed by atoms with E-state index in [-0.39, 0.29) is 24.2 Å². The van der Waals surface area contributed by atoms with E-state index < -0.39 is 0 Å². The van der Waals surface area contributed by atoms with E-state index in [1.54, 1.807) is 0 Å². The molecule has 1 unspecified atom stereocenters. The Balaban J connectivity index is 2.15. The fourth-order valence-electron chi connectivity index (χ4n) is 2.55. The topological polar surface area (TPSA) is 50.7 Å². The van der Waals surface area contributed by atoms with Crippen molar-refractivity contribution in [1.82, 2.24) is 5.32 Å². The Morgan fingerprint density at radius 3 is 2.32 bits per heavy atom. The summed E-state index contributed by atoms with van der Waals surface area (Å²) in [5, 5.41) is 12.9. The van der Waals surface area contributed by atoms with Gasteiger partial charge in [-0.15, -0.1) is 0 Å². The lowest BCUT2D eigenvalue weighted by Crippen LogP contribution is -2.53. The second-order valence-electron chi connectivity index (χ2n) is 5.47. The monoisotopic (exact) mass is 265 g/mol. The number of hydrogen-bond acceptors (Lipinski definition) is 4. The molecule has 1 fully saturated rings. The summed E-state index contributed by atoms with van der Waals surface area (Å²) in [6.07, 6.45) is 0.176. The highest BCUT2D eigenvalue weighted by Gasteiger charge is 2.45. The molecule has 1 aromatic carbocycles. The fourth-order valence-corrected chi connectivity index (χ4v) is 2.55. The molecular formula is C15H23NO3. The third-order valence-electron chi connectivity index (χ3n) is 3.58. The third kappa shape index (κ3) is 2.91. The molecular weight excluding hydrogens is 242 g/mol. The average molecular weight is 265 g/mol. The van der Waals surface area contributed by atoms with Crippen molar-refractivity contribution in [2.45, 2.75) is 26.0 Å². The highest BCUT2D eigenvalue weighted by Crippen LogP contribution is 2.40. The highest BCUT2D eigenvalue weighted by molar-refractivity contribution is 5.31. The molecule has 0 bridgehead atoms. The van der Waals surface area contributed by atoms with E-state index in [0.29, 0.717) is 13.2 Å². The summed E-state index contributed by atoms with van der Waals surface area (Å²) < 4.78 is 10.9. The van der Waals surface area contributed by atoms with Gasteiger partial charge in [0.2, 0.25) is 0 Å².